The summed E-state index contributed by atoms with van der Waals surface area (Å²) in [6.45, 7) is 3.37. The Morgan fingerprint density at radius 2 is 2.18 bits per heavy atom. The first-order valence-electron chi connectivity index (χ1n) is 3.85. The Morgan fingerprint density at radius 3 is 2.45 bits per heavy atom. The molecular formula is C7H16N2O2. The number of aliphatic hydroxyl groups is 1. The Kier molecular flexibility index (Phi) is 2.84. The predicted octanol–water partition coefficient (Wildman–Crippen LogP) is -1.02. The number of nitrogens with zero attached hydrogens (tertiary/aromatic N) is 1. The summed E-state index contributed by atoms with van der Waals surface area (Å²) in [6.07, 6.45) is -0.637. The molecule has 0 spiro atoms. The number of aliphatic hydroxyl groups excluding tert-OH is 1. The van der Waals surface area contributed by atoms with Gasteiger partial charge in [0.25, 0.3) is 0 Å². The fourth-order valence-electron chi connectivity index (χ4n) is 1.41. The van der Waals surface area contributed by atoms with Crippen LogP contribution in [0.4, 0.5) is 0 Å². The number of likely N-dealkylation sites (tertiary alicyclic amines) is 1. The second-order valence-corrected chi connectivity index (χ2v) is 3.08. The summed E-state index contributed by atoms with van der Waals surface area (Å²) in [6, 6.07) is 0.256. The van der Waals surface area contributed by atoms with Gasteiger partial charge in [-0.1, -0.05) is 0 Å². The maximum Gasteiger partial charge on any atom is 0.136 e. The van der Waals surface area contributed by atoms with E-state index in [1.165, 1.54) is 0 Å². The van der Waals surface area contributed by atoms with Gasteiger partial charge in [-0.15, -0.1) is 0 Å². The van der Waals surface area contributed by atoms with Gasteiger partial charge in [-0.2, -0.15) is 0 Å². The summed E-state index contributed by atoms with van der Waals surface area (Å²) >= 11 is 0. The molecule has 0 aromatic heterocycles. The predicted molar refractivity (Wildman–Crippen MR) is 42.0 cm³/mol. The summed E-state index contributed by atoms with van der Waals surface area (Å²) in [5, 5.41) is 9.23. The van der Waals surface area contributed by atoms with Crippen LogP contribution in [0.1, 0.15) is 6.92 Å². The van der Waals surface area contributed by atoms with E-state index in [2.05, 4.69) is 0 Å². The summed E-state index contributed by atoms with van der Waals surface area (Å²) in [5.41, 5.74) is 5.58. The van der Waals surface area contributed by atoms with Crippen LogP contribution in [0.5, 0.6) is 0 Å². The monoisotopic (exact) mass is 160 g/mol. The molecule has 4 heteroatoms. The normalized spacial score (nSPS) is 26.2. The summed E-state index contributed by atoms with van der Waals surface area (Å²) in [7, 11) is 1.60. The molecule has 0 saturated carbocycles. The fourth-order valence-corrected chi connectivity index (χ4v) is 1.41. The summed E-state index contributed by atoms with van der Waals surface area (Å²) in [4.78, 5) is 2.02. The minimum absolute atomic E-state index is 0.185. The minimum atomic E-state index is -0.451. The van der Waals surface area contributed by atoms with Gasteiger partial charge in [-0.25, -0.2) is 0 Å². The van der Waals surface area contributed by atoms with Crippen LogP contribution in [0.3, 0.4) is 0 Å². The van der Waals surface area contributed by atoms with E-state index in [9.17, 15) is 5.11 Å². The Balaban J connectivity index is 2.32. The highest BCUT2D eigenvalue weighted by atomic mass is 16.5. The molecule has 2 atom stereocenters. The largest absolute Gasteiger partial charge is 0.389 e. The van der Waals surface area contributed by atoms with Crippen molar-refractivity contribution in [3.8, 4) is 0 Å². The average Bonchev–Trinajstić information content (AvgIpc) is 1.85. The lowest BCUT2D eigenvalue weighted by Crippen LogP contribution is -2.62. The van der Waals surface area contributed by atoms with Crippen molar-refractivity contribution in [3.63, 3.8) is 0 Å². The molecule has 11 heavy (non-hydrogen) atoms. The third-order valence-electron chi connectivity index (χ3n) is 1.95. The van der Waals surface area contributed by atoms with Gasteiger partial charge in [0.05, 0.1) is 6.10 Å². The van der Waals surface area contributed by atoms with Crippen molar-refractivity contribution in [1.29, 1.82) is 0 Å². The van der Waals surface area contributed by atoms with Crippen LogP contribution in [0.25, 0.3) is 0 Å². The van der Waals surface area contributed by atoms with E-state index >= 15 is 0 Å². The summed E-state index contributed by atoms with van der Waals surface area (Å²) < 4.78 is 5.08. The van der Waals surface area contributed by atoms with Crippen molar-refractivity contribution < 1.29 is 9.84 Å². The Morgan fingerprint density at radius 1 is 1.64 bits per heavy atom. The zero-order valence-electron chi connectivity index (χ0n) is 7.03. The molecule has 1 rings (SSSR count). The van der Waals surface area contributed by atoms with E-state index in [0.29, 0.717) is 0 Å². The quantitative estimate of drug-likeness (QED) is 0.555. The lowest BCUT2D eigenvalue weighted by atomic mass is 10.1. The zero-order valence-corrected chi connectivity index (χ0v) is 7.03. The molecule has 0 aromatic carbocycles. The van der Waals surface area contributed by atoms with E-state index in [1.54, 1.807) is 14.0 Å². The highest BCUT2D eigenvalue weighted by molar-refractivity contribution is 4.86. The maximum absolute atomic E-state index is 9.23. The number of nitrogens with two attached hydrogens (primary N) is 1. The topological polar surface area (TPSA) is 58.7 Å². The zero-order chi connectivity index (χ0) is 8.43. The molecule has 0 amide bonds. The number of hydrogen-bond donors (Lipinski definition) is 2. The van der Waals surface area contributed by atoms with Crippen molar-refractivity contribution in [3.05, 3.63) is 0 Å². The van der Waals surface area contributed by atoms with Crippen molar-refractivity contribution in [2.24, 2.45) is 5.73 Å². The molecule has 3 N–H and O–H groups in total. The third kappa shape index (κ3) is 1.90. The Labute approximate surface area is 66.9 Å². The van der Waals surface area contributed by atoms with Crippen LogP contribution in [0.2, 0.25) is 0 Å². The molecule has 0 aliphatic carbocycles. The molecule has 0 radical (unpaired) electrons. The molecule has 66 valence electrons. The van der Waals surface area contributed by atoms with E-state index in [4.69, 9.17) is 10.5 Å². The number of methoxy groups -OCH3 is 1. The van der Waals surface area contributed by atoms with E-state index in [1.807, 2.05) is 4.90 Å². The van der Waals surface area contributed by atoms with Crippen LogP contribution in [-0.4, -0.2) is 48.6 Å². The van der Waals surface area contributed by atoms with Gasteiger partial charge in [-0.05, 0) is 6.92 Å². The van der Waals surface area contributed by atoms with Crippen LogP contribution in [0.15, 0.2) is 0 Å². The standard InChI is InChI=1S/C7H16N2O2/c1-5(10)7(11-2)9-3-6(8)4-9/h5-7,10H,3-4,8H2,1-2H3. The maximum atomic E-state index is 9.23. The molecule has 1 heterocycles. The molecule has 1 aliphatic rings. The van der Waals surface area contributed by atoms with Crippen LogP contribution < -0.4 is 5.73 Å². The molecule has 2 unspecified atom stereocenters. The van der Waals surface area contributed by atoms with Gasteiger partial charge in [0.2, 0.25) is 0 Å². The van der Waals surface area contributed by atoms with Gasteiger partial charge in [0.15, 0.2) is 0 Å². The third-order valence-corrected chi connectivity index (χ3v) is 1.95. The molecule has 1 fully saturated rings. The van der Waals surface area contributed by atoms with Gasteiger partial charge >= 0.3 is 0 Å². The van der Waals surface area contributed by atoms with Crippen LogP contribution in [-0.2, 0) is 4.74 Å². The molecule has 0 aromatic rings. The van der Waals surface area contributed by atoms with Gasteiger partial charge in [0, 0.05) is 26.2 Å². The second-order valence-electron chi connectivity index (χ2n) is 3.08. The summed E-state index contributed by atoms with van der Waals surface area (Å²) in [5.74, 6) is 0. The molecular weight excluding hydrogens is 144 g/mol. The fraction of sp³-hybridized carbons (Fsp3) is 1.00. The highest BCUT2D eigenvalue weighted by Gasteiger charge is 2.32. The number of hydrogen-bond acceptors (Lipinski definition) is 4. The van der Waals surface area contributed by atoms with Gasteiger partial charge in [-0.3, -0.25) is 4.90 Å². The second kappa shape index (κ2) is 3.49. The first kappa shape index (κ1) is 8.93. The van der Waals surface area contributed by atoms with Crippen LogP contribution >= 0.6 is 0 Å². The van der Waals surface area contributed by atoms with Crippen molar-refractivity contribution in [1.82, 2.24) is 4.90 Å². The van der Waals surface area contributed by atoms with Crippen molar-refractivity contribution >= 4 is 0 Å². The smallest absolute Gasteiger partial charge is 0.136 e. The Bertz CT molecular complexity index is 124. The molecule has 4 nitrogen and oxygen atoms in total. The van der Waals surface area contributed by atoms with Gasteiger partial charge in [0.1, 0.15) is 6.23 Å². The first-order valence-corrected chi connectivity index (χ1v) is 3.85. The van der Waals surface area contributed by atoms with E-state index in [0.717, 1.165) is 13.1 Å². The van der Waals surface area contributed by atoms with Crippen molar-refractivity contribution in [2.45, 2.75) is 25.3 Å². The number of rotatable bonds is 3. The van der Waals surface area contributed by atoms with E-state index in [-0.39, 0.29) is 12.3 Å². The van der Waals surface area contributed by atoms with Crippen LogP contribution in [0, 0.1) is 0 Å². The SMILES string of the molecule is COC(C(C)O)N1CC(N)C1. The minimum Gasteiger partial charge on any atom is -0.389 e. The Hall–Kier alpha value is -0.160. The van der Waals surface area contributed by atoms with E-state index < -0.39 is 6.10 Å². The highest BCUT2D eigenvalue weighted by Crippen LogP contribution is 2.13. The molecule has 0 bridgehead atoms. The van der Waals surface area contributed by atoms with Crippen molar-refractivity contribution in [2.75, 3.05) is 20.2 Å². The average molecular weight is 160 g/mol. The molecule has 1 aliphatic heterocycles. The first-order chi connectivity index (χ1) is 5.15. The lowest BCUT2D eigenvalue weighted by Gasteiger charge is -2.42. The number of ether oxygens (including phenoxy) is 1. The molecule has 1 saturated heterocycles. The van der Waals surface area contributed by atoms with Gasteiger partial charge < -0.3 is 15.6 Å². The lowest BCUT2D eigenvalue weighted by molar-refractivity contribution is -0.127.